The van der Waals surface area contributed by atoms with Crippen LogP contribution >= 0.6 is 23.1 Å². The molecule has 0 aliphatic heterocycles. The molecule has 0 spiro atoms. The number of para-hydroxylation sites is 1. The Morgan fingerprint density at radius 2 is 1.96 bits per heavy atom. The number of unbranched alkanes of at least 4 members (excludes halogenated alkanes) is 1. The molecule has 0 aliphatic carbocycles. The normalized spacial score (nSPS) is 11.1. The smallest absolute Gasteiger partial charge is 0.263 e. The maximum atomic E-state index is 13.1. The molecule has 1 amide bonds. The maximum Gasteiger partial charge on any atom is 0.263 e. The fourth-order valence-corrected chi connectivity index (χ4v) is 4.96. The number of rotatable bonds is 7. The summed E-state index contributed by atoms with van der Waals surface area (Å²) in [4.78, 5) is 34.0. The van der Waals surface area contributed by atoms with Crippen molar-refractivity contribution in [2.45, 2.75) is 45.3 Å². The molecule has 28 heavy (non-hydrogen) atoms. The molecule has 2 heterocycles. The first-order valence-electron chi connectivity index (χ1n) is 9.39. The molecule has 0 saturated heterocycles. The van der Waals surface area contributed by atoms with Crippen LogP contribution in [-0.2, 0) is 11.3 Å². The van der Waals surface area contributed by atoms with Gasteiger partial charge in [-0.2, -0.15) is 0 Å². The predicted octanol–water partition coefficient (Wildman–Crippen LogP) is 4.63. The molecule has 0 unspecified atom stereocenters. The standard InChI is InChI=1S/C21H25N3O2S2/c1-5-6-12-24-20(26)18-14(2)15(3)28-19(18)22-21(24)27-13-17(25)23(4)16-10-8-7-9-11-16/h7-11H,5-6,12-13H2,1-4H3. The van der Waals surface area contributed by atoms with Crippen LogP contribution in [0, 0.1) is 13.8 Å². The van der Waals surface area contributed by atoms with E-state index in [0.717, 1.165) is 39.2 Å². The SMILES string of the molecule is CCCCn1c(SCC(=O)N(C)c2ccccc2)nc2sc(C)c(C)c2c1=O. The fourth-order valence-electron chi connectivity index (χ4n) is 2.95. The van der Waals surface area contributed by atoms with Gasteiger partial charge in [0, 0.05) is 24.2 Å². The molecule has 0 bridgehead atoms. The average molecular weight is 416 g/mol. The number of carbonyl (C=O) groups is 1. The zero-order valence-electron chi connectivity index (χ0n) is 16.7. The van der Waals surface area contributed by atoms with Gasteiger partial charge in [-0.25, -0.2) is 4.98 Å². The van der Waals surface area contributed by atoms with E-state index in [-0.39, 0.29) is 17.2 Å². The molecule has 0 atom stereocenters. The Kier molecular flexibility index (Phi) is 6.57. The van der Waals surface area contributed by atoms with Gasteiger partial charge in [-0.3, -0.25) is 14.2 Å². The molecule has 1 aromatic carbocycles. The van der Waals surface area contributed by atoms with Crippen molar-refractivity contribution < 1.29 is 4.79 Å². The number of hydrogen-bond acceptors (Lipinski definition) is 5. The second-order valence-electron chi connectivity index (χ2n) is 6.75. The highest BCUT2D eigenvalue weighted by Crippen LogP contribution is 2.28. The summed E-state index contributed by atoms with van der Waals surface area (Å²) in [5.74, 6) is 0.213. The number of thioether (sulfide) groups is 1. The largest absolute Gasteiger partial charge is 0.315 e. The van der Waals surface area contributed by atoms with Crippen molar-refractivity contribution in [1.29, 1.82) is 0 Å². The van der Waals surface area contributed by atoms with Gasteiger partial charge in [0.2, 0.25) is 5.91 Å². The average Bonchev–Trinajstić information content (AvgIpc) is 2.99. The van der Waals surface area contributed by atoms with Crippen molar-refractivity contribution in [3.8, 4) is 0 Å². The maximum absolute atomic E-state index is 13.1. The number of amides is 1. The molecule has 148 valence electrons. The van der Waals surface area contributed by atoms with Gasteiger partial charge in [0.1, 0.15) is 4.83 Å². The Bertz CT molecular complexity index is 1040. The van der Waals surface area contributed by atoms with Crippen LogP contribution in [-0.4, -0.2) is 28.3 Å². The number of aromatic nitrogens is 2. The van der Waals surface area contributed by atoms with Gasteiger partial charge >= 0.3 is 0 Å². The number of aryl methyl sites for hydroxylation is 2. The summed E-state index contributed by atoms with van der Waals surface area (Å²) in [5.41, 5.74) is 1.87. The molecule has 5 nitrogen and oxygen atoms in total. The lowest BCUT2D eigenvalue weighted by molar-refractivity contribution is -0.115. The monoisotopic (exact) mass is 415 g/mol. The Hall–Kier alpha value is -2.12. The van der Waals surface area contributed by atoms with E-state index in [1.54, 1.807) is 27.9 Å². The number of fused-ring (bicyclic) bond motifs is 1. The molecule has 0 fully saturated rings. The van der Waals surface area contributed by atoms with Crippen molar-refractivity contribution in [2.24, 2.45) is 0 Å². The first-order chi connectivity index (χ1) is 13.4. The zero-order chi connectivity index (χ0) is 20.3. The highest BCUT2D eigenvalue weighted by molar-refractivity contribution is 7.99. The summed E-state index contributed by atoms with van der Waals surface area (Å²) < 4.78 is 1.74. The summed E-state index contributed by atoms with van der Waals surface area (Å²) in [6.07, 6.45) is 1.90. The van der Waals surface area contributed by atoms with Crippen LogP contribution in [0.1, 0.15) is 30.2 Å². The lowest BCUT2D eigenvalue weighted by Gasteiger charge is -2.17. The van der Waals surface area contributed by atoms with Crippen LogP contribution in [0.5, 0.6) is 0 Å². The summed E-state index contributed by atoms with van der Waals surface area (Å²) in [6.45, 7) is 6.72. The molecule has 0 saturated carbocycles. The fraction of sp³-hybridized carbons (Fsp3) is 0.381. The number of anilines is 1. The van der Waals surface area contributed by atoms with E-state index in [2.05, 4.69) is 6.92 Å². The molecule has 0 radical (unpaired) electrons. The zero-order valence-corrected chi connectivity index (χ0v) is 18.3. The van der Waals surface area contributed by atoms with Crippen LogP contribution in [0.3, 0.4) is 0 Å². The number of nitrogens with zero attached hydrogens (tertiary/aromatic N) is 3. The van der Waals surface area contributed by atoms with Gasteiger partial charge in [0.05, 0.1) is 11.1 Å². The molecule has 7 heteroatoms. The summed E-state index contributed by atoms with van der Waals surface area (Å²) in [5, 5.41) is 1.35. The van der Waals surface area contributed by atoms with E-state index in [0.29, 0.717) is 11.7 Å². The lowest BCUT2D eigenvalue weighted by atomic mass is 10.2. The van der Waals surface area contributed by atoms with Crippen molar-refractivity contribution in [3.63, 3.8) is 0 Å². The minimum atomic E-state index is -0.0221. The van der Waals surface area contributed by atoms with Gasteiger partial charge in [-0.1, -0.05) is 43.3 Å². The number of benzene rings is 1. The first-order valence-corrected chi connectivity index (χ1v) is 11.2. The highest BCUT2D eigenvalue weighted by atomic mass is 32.2. The molecular formula is C21H25N3O2S2. The Morgan fingerprint density at radius 1 is 1.25 bits per heavy atom. The van der Waals surface area contributed by atoms with Crippen molar-refractivity contribution in [1.82, 2.24) is 9.55 Å². The predicted molar refractivity (Wildman–Crippen MR) is 119 cm³/mol. The summed E-state index contributed by atoms with van der Waals surface area (Å²) in [7, 11) is 1.77. The number of thiophene rings is 1. The van der Waals surface area contributed by atoms with Crippen LogP contribution in [0.4, 0.5) is 5.69 Å². The van der Waals surface area contributed by atoms with E-state index < -0.39 is 0 Å². The molecule has 3 aromatic rings. The van der Waals surface area contributed by atoms with E-state index in [1.807, 2.05) is 44.2 Å². The minimum absolute atomic E-state index is 0.00617. The van der Waals surface area contributed by atoms with Gasteiger partial charge in [0.15, 0.2) is 5.16 Å². The van der Waals surface area contributed by atoms with E-state index >= 15 is 0 Å². The Labute approximate surface area is 173 Å². The summed E-state index contributed by atoms with van der Waals surface area (Å²) in [6, 6.07) is 9.55. The molecule has 3 rings (SSSR count). The van der Waals surface area contributed by atoms with Gasteiger partial charge in [-0.05, 0) is 38.0 Å². The molecular weight excluding hydrogens is 390 g/mol. The second-order valence-corrected chi connectivity index (χ2v) is 8.89. The quantitative estimate of drug-likeness (QED) is 0.417. The van der Waals surface area contributed by atoms with Crippen LogP contribution in [0.2, 0.25) is 0 Å². The van der Waals surface area contributed by atoms with E-state index in [9.17, 15) is 9.59 Å². The third-order valence-electron chi connectivity index (χ3n) is 4.83. The number of carbonyl (C=O) groups excluding carboxylic acids is 1. The third kappa shape index (κ3) is 4.15. The van der Waals surface area contributed by atoms with Crippen LogP contribution in [0.15, 0.2) is 40.3 Å². The molecule has 0 N–H and O–H groups in total. The van der Waals surface area contributed by atoms with Gasteiger partial charge in [0.25, 0.3) is 5.56 Å². The highest BCUT2D eigenvalue weighted by Gasteiger charge is 2.18. The minimum Gasteiger partial charge on any atom is -0.315 e. The van der Waals surface area contributed by atoms with Gasteiger partial charge < -0.3 is 4.90 Å². The topological polar surface area (TPSA) is 55.2 Å². The van der Waals surface area contributed by atoms with Gasteiger partial charge in [-0.15, -0.1) is 11.3 Å². The van der Waals surface area contributed by atoms with Crippen molar-refractivity contribution in [2.75, 3.05) is 17.7 Å². The second kappa shape index (κ2) is 8.92. The van der Waals surface area contributed by atoms with Crippen molar-refractivity contribution >= 4 is 44.9 Å². The van der Waals surface area contributed by atoms with E-state index in [4.69, 9.17) is 4.98 Å². The third-order valence-corrected chi connectivity index (χ3v) is 6.89. The van der Waals surface area contributed by atoms with Crippen LogP contribution < -0.4 is 10.5 Å². The Balaban J connectivity index is 1.89. The van der Waals surface area contributed by atoms with Crippen molar-refractivity contribution in [3.05, 3.63) is 51.1 Å². The van der Waals surface area contributed by atoms with Crippen LogP contribution in [0.25, 0.3) is 10.2 Å². The lowest BCUT2D eigenvalue weighted by Crippen LogP contribution is -2.29. The summed E-state index contributed by atoms with van der Waals surface area (Å²) >= 11 is 2.88. The number of hydrogen-bond donors (Lipinski definition) is 0. The Morgan fingerprint density at radius 3 is 2.64 bits per heavy atom. The molecule has 2 aromatic heterocycles. The first kappa shape index (κ1) is 20.6. The van der Waals surface area contributed by atoms with E-state index in [1.165, 1.54) is 11.8 Å². The molecule has 0 aliphatic rings.